The third kappa shape index (κ3) is 4.33. The molecule has 1 amide bonds. The lowest BCUT2D eigenvalue weighted by molar-refractivity contribution is -0.119. The van der Waals surface area contributed by atoms with Crippen LogP contribution in [0.5, 0.6) is 0 Å². The normalized spacial score (nSPS) is 12.2. The number of carbonyl (C=O) groups is 1. The lowest BCUT2D eigenvalue weighted by Gasteiger charge is -2.18. The number of hydrogen-bond acceptors (Lipinski definition) is 7. The Kier molecular flexibility index (Phi) is 6.03. The molecule has 30 heavy (non-hydrogen) atoms. The molecule has 0 bridgehead atoms. The Morgan fingerprint density at radius 1 is 1.23 bits per heavy atom. The van der Waals surface area contributed by atoms with Gasteiger partial charge in [-0.3, -0.25) is 4.79 Å². The predicted molar refractivity (Wildman–Crippen MR) is 123 cm³/mol. The van der Waals surface area contributed by atoms with Crippen molar-refractivity contribution in [2.45, 2.75) is 25.0 Å². The Bertz CT molecular complexity index is 1190. The number of halogens is 1. The van der Waals surface area contributed by atoms with E-state index >= 15 is 0 Å². The van der Waals surface area contributed by atoms with Crippen LogP contribution in [0.2, 0.25) is 0 Å². The molecule has 4 rings (SSSR count). The van der Waals surface area contributed by atoms with Crippen LogP contribution in [0.25, 0.3) is 10.2 Å². The van der Waals surface area contributed by atoms with Crippen LogP contribution in [0.4, 0.5) is 10.2 Å². The maximum Gasteiger partial charge on any atom is 0.231 e. The Hall–Kier alpha value is -2.49. The summed E-state index contributed by atoms with van der Waals surface area (Å²) >= 11 is 4.36. The lowest BCUT2D eigenvalue weighted by Crippen LogP contribution is -2.30. The second kappa shape index (κ2) is 8.71. The largest absolute Gasteiger partial charge is 0.383 e. The molecule has 3 heterocycles. The highest BCUT2D eigenvalue weighted by Gasteiger charge is 2.19. The average Bonchev–Trinajstić information content (AvgIpc) is 3.34. The highest BCUT2D eigenvalue weighted by atomic mass is 32.2. The van der Waals surface area contributed by atoms with Crippen molar-refractivity contribution in [3.8, 4) is 0 Å². The molecule has 4 aromatic rings. The van der Waals surface area contributed by atoms with Crippen LogP contribution in [0.1, 0.15) is 26.9 Å². The monoisotopic (exact) mass is 458 g/mol. The summed E-state index contributed by atoms with van der Waals surface area (Å²) in [4.78, 5) is 24.6. The minimum atomic E-state index is -0.338. The molecule has 0 aliphatic carbocycles. The van der Waals surface area contributed by atoms with E-state index in [9.17, 15) is 9.18 Å². The number of nitrogens with zero attached hydrogens (tertiary/aromatic N) is 2. The van der Waals surface area contributed by atoms with Crippen LogP contribution in [-0.2, 0) is 4.79 Å². The molecule has 1 aromatic carbocycles. The number of aryl methyl sites for hydroxylation is 2. The predicted octanol–water partition coefficient (Wildman–Crippen LogP) is 5.09. The van der Waals surface area contributed by atoms with Gasteiger partial charge in [0.25, 0.3) is 0 Å². The van der Waals surface area contributed by atoms with Gasteiger partial charge in [0.15, 0.2) is 5.16 Å². The minimum Gasteiger partial charge on any atom is -0.383 e. The van der Waals surface area contributed by atoms with Crippen molar-refractivity contribution in [2.24, 2.45) is 0 Å². The molecule has 3 aromatic heterocycles. The van der Waals surface area contributed by atoms with Gasteiger partial charge >= 0.3 is 0 Å². The molecule has 0 aliphatic rings. The smallest absolute Gasteiger partial charge is 0.231 e. The number of anilines is 1. The van der Waals surface area contributed by atoms with Crippen LogP contribution >= 0.6 is 34.4 Å². The van der Waals surface area contributed by atoms with Crippen molar-refractivity contribution < 1.29 is 9.18 Å². The van der Waals surface area contributed by atoms with E-state index in [-0.39, 0.29) is 23.5 Å². The van der Waals surface area contributed by atoms with Crippen LogP contribution in [-0.4, -0.2) is 21.6 Å². The van der Waals surface area contributed by atoms with E-state index in [0.717, 1.165) is 31.1 Å². The first-order valence-electron chi connectivity index (χ1n) is 9.16. The number of nitrogens with one attached hydrogen (secondary N) is 1. The van der Waals surface area contributed by atoms with Crippen molar-refractivity contribution in [3.63, 3.8) is 0 Å². The molecule has 5 nitrogen and oxygen atoms in total. The lowest BCUT2D eigenvalue weighted by atomic mass is 10.1. The van der Waals surface area contributed by atoms with Crippen LogP contribution in [0.3, 0.4) is 0 Å². The topological polar surface area (TPSA) is 80.9 Å². The summed E-state index contributed by atoms with van der Waals surface area (Å²) < 4.78 is 13.3. The van der Waals surface area contributed by atoms with Gasteiger partial charge in [-0.1, -0.05) is 30.0 Å². The van der Waals surface area contributed by atoms with Gasteiger partial charge in [0.2, 0.25) is 5.91 Å². The summed E-state index contributed by atoms with van der Waals surface area (Å²) in [5.74, 6) is 0.114. The number of thioether (sulfide) groups is 1. The third-order valence-electron chi connectivity index (χ3n) is 4.70. The van der Waals surface area contributed by atoms with Crippen molar-refractivity contribution >= 4 is 56.4 Å². The van der Waals surface area contributed by atoms with E-state index in [4.69, 9.17) is 5.73 Å². The molecular formula is C21H19FN4OS3. The zero-order chi connectivity index (χ0) is 21.3. The van der Waals surface area contributed by atoms with Crippen LogP contribution < -0.4 is 11.1 Å². The average molecular weight is 459 g/mol. The van der Waals surface area contributed by atoms with Gasteiger partial charge in [0.05, 0.1) is 17.2 Å². The number of nitrogen functional groups attached to an aromatic ring is 1. The third-order valence-corrected chi connectivity index (χ3v) is 7.59. The quantitative estimate of drug-likeness (QED) is 0.311. The highest BCUT2D eigenvalue weighted by Crippen LogP contribution is 2.33. The summed E-state index contributed by atoms with van der Waals surface area (Å²) in [7, 11) is 0. The molecule has 0 saturated heterocycles. The Morgan fingerprint density at radius 2 is 2.00 bits per heavy atom. The molecule has 0 fully saturated rings. The summed E-state index contributed by atoms with van der Waals surface area (Å²) in [6, 6.07) is 9.70. The molecule has 3 N–H and O–H groups in total. The van der Waals surface area contributed by atoms with E-state index in [1.165, 1.54) is 35.2 Å². The number of hydrogen-bond donors (Lipinski definition) is 2. The van der Waals surface area contributed by atoms with Crippen molar-refractivity contribution in [1.29, 1.82) is 0 Å². The second-order valence-corrected chi connectivity index (χ2v) is 9.84. The Labute approximate surface area is 185 Å². The van der Waals surface area contributed by atoms with Gasteiger partial charge in [-0.15, -0.1) is 22.7 Å². The van der Waals surface area contributed by atoms with Crippen molar-refractivity contribution in [1.82, 2.24) is 15.3 Å². The standard InChI is InChI=1S/C21H19FN4OS3/c1-11-12(2)30-20-17(11)19(23)25-21(26-20)29-10-16(27)24-18(15-4-3-9-28-15)13-5-7-14(22)8-6-13/h3-9,18H,10H2,1-2H3,(H,24,27)(H2,23,25,26). The summed E-state index contributed by atoms with van der Waals surface area (Å²) in [6.45, 7) is 4.04. The molecule has 154 valence electrons. The van der Waals surface area contributed by atoms with Gasteiger partial charge in [-0.05, 0) is 48.6 Å². The number of thiophene rings is 2. The molecule has 0 radical (unpaired) electrons. The minimum absolute atomic E-state index is 0.150. The molecule has 0 saturated carbocycles. The van der Waals surface area contributed by atoms with E-state index in [1.807, 2.05) is 31.4 Å². The fourth-order valence-corrected chi connectivity index (χ4v) is 5.65. The summed E-state index contributed by atoms with van der Waals surface area (Å²) in [5, 5.41) is 6.35. The van der Waals surface area contributed by atoms with Gasteiger partial charge in [0, 0.05) is 9.75 Å². The van der Waals surface area contributed by atoms with E-state index < -0.39 is 0 Å². The zero-order valence-corrected chi connectivity index (χ0v) is 18.8. The molecular weight excluding hydrogens is 439 g/mol. The number of carbonyl (C=O) groups excluding carboxylic acids is 1. The first-order valence-corrected chi connectivity index (χ1v) is 11.8. The van der Waals surface area contributed by atoms with Crippen molar-refractivity contribution in [2.75, 3.05) is 11.5 Å². The van der Waals surface area contributed by atoms with Crippen LogP contribution in [0, 0.1) is 19.7 Å². The SMILES string of the molecule is Cc1sc2nc(SCC(=O)NC(c3ccc(F)cc3)c3cccs3)nc(N)c2c1C. The maximum absolute atomic E-state index is 13.3. The fraction of sp³-hybridized carbons (Fsp3) is 0.190. The number of nitrogens with two attached hydrogens (primary N) is 1. The first-order chi connectivity index (χ1) is 14.4. The molecule has 9 heteroatoms. The number of aromatic nitrogens is 2. The summed E-state index contributed by atoms with van der Waals surface area (Å²) in [5.41, 5.74) is 8.04. The first kappa shape index (κ1) is 20.8. The fourth-order valence-electron chi connectivity index (χ4n) is 3.09. The molecule has 0 aliphatic heterocycles. The van der Waals surface area contributed by atoms with Crippen LogP contribution in [0.15, 0.2) is 46.9 Å². The van der Waals surface area contributed by atoms with E-state index in [0.29, 0.717) is 11.0 Å². The Balaban J connectivity index is 1.49. The molecule has 1 unspecified atom stereocenters. The number of fused-ring (bicyclic) bond motifs is 1. The van der Waals surface area contributed by atoms with Gasteiger partial charge in [0.1, 0.15) is 16.5 Å². The summed E-state index contributed by atoms with van der Waals surface area (Å²) in [6.07, 6.45) is 0. The van der Waals surface area contributed by atoms with Crippen molar-refractivity contribution in [3.05, 3.63) is 68.5 Å². The van der Waals surface area contributed by atoms with Gasteiger partial charge < -0.3 is 11.1 Å². The zero-order valence-electron chi connectivity index (χ0n) is 16.3. The maximum atomic E-state index is 13.3. The number of amides is 1. The van der Waals surface area contributed by atoms with Gasteiger partial charge in [-0.2, -0.15) is 0 Å². The van der Waals surface area contributed by atoms with E-state index in [1.54, 1.807) is 23.5 Å². The second-order valence-electron chi connectivity index (χ2n) is 6.71. The number of benzene rings is 1. The molecule has 1 atom stereocenters. The molecule has 0 spiro atoms. The van der Waals surface area contributed by atoms with E-state index in [2.05, 4.69) is 15.3 Å². The Morgan fingerprint density at radius 3 is 2.70 bits per heavy atom. The highest BCUT2D eigenvalue weighted by molar-refractivity contribution is 7.99. The number of rotatable bonds is 6. The van der Waals surface area contributed by atoms with Gasteiger partial charge in [-0.25, -0.2) is 14.4 Å².